The van der Waals surface area contributed by atoms with Gasteiger partial charge in [-0.05, 0) is 93.3 Å². The van der Waals surface area contributed by atoms with Gasteiger partial charge in [-0.25, -0.2) is 0 Å². The Morgan fingerprint density at radius 2 is 1.29 bits per heavy atom. The standard InChI is InChI=1S/C12H20.C9H16/c1-2-3-4-5-10-6-7-11-9-12(11)8-10;1-2-7-3-4-8-6-9(8)5-7/h3-4,10-12H,2,5-9H2,1H3;7-9H,2-6H2,1H3/b4-3+;. The lowest BCUT2D eigenvalue weighted by Gasteiger charge is -2.19. The Bertz CT molecular complexity index is 342. The van der Waals surface area contributed by atoms with Crippen molar-refractivity contribution in [2.24, 2.45) is 35.5 Å². The van der Waals surface area contributed by atoms with Gasteiger partial charge in [0.05, 0.1) is 0 Å². The van der Waals surface area contributed by atoms with E-state index < -0.39 is 0 Å². The Morgan fingerprint density at radius 3 is 1.86 bits per heavy atom. The monoisotopic (exact) mass is 288 g/mol. The van der Waals surface area contributed by atoms with Gasteiger partial charge in [-0.15, -0.1) is 0 Å². The predicted octanol–water partition coefficient (Wildman–Crippen LogP) is 6.61. The quantitative estimate of drug-likeness (QED) is 0.510. The van der Waals surface area contributed by atoms with Crippen molar-refractivity contribution in [3.8, 4) is 0 Å². The molecule has 0 radical (unpaired) electrons. The fraction of sp³-hybridized carbons (Fsp3) is 0.905. The average molecular weight is 289 g/mol. The number of hydrogen-bond acceptors (Lipinski definition) is 0. The van der Waals surface area contributed by atoms with Gasteiger partial charge in [0.1, 0.15) is 0 Å². The highest BCUT2D eigenvalue weighted by Crippen LogP contribution is 2.52. The van der Waals surface area contributed by atoms with E-state index in [0.29, 0.717) is 0 Å². The third-order valence-electron chi connectivity index (χ3n) is 6.75. The Labute approximate surface area is 132 Å². The molecule has 0 spiro atoms. The van der Waals surface area contributed by atoms with Crippen LogP contribution < -0.4 is 0 Å². The summed E-state index contributed by atoms with van der Waals surface area (Å²) in [5.74, 6) is 6.83. The first-order valence-electron chi connectivity index (χ1n) is 9.95. The third-order valence-corrected chi connectivity index (χ3v) is 6.75. The Hall–Kier alpha value is -0.260. The van der Waals surface area contributed by atoms with Gasteiger partial charge in [0, 0.05) is 0 Å². The maximum atomic E-state index is 2.40. The lowest BCUT2D eigenvalue weighted by molar-refractivity contribution is 0.335. The molecule has 6 unspecified atom stereocenters. The summed E-state index contributed by atoms with van der Waals surface area (Å²) in [4.78, 5) is 0. The van der Waals surface area contributed by atoms with Gasteiger partial charge in [-0.1, -0.05) is 38.8 Å². The highest BCUT2D eigenvalue weighted by atomic mass is 14.5. The zero-order chi connectivity index (χ0) is 14.7. The first-order valence-corrected chi connectivity index (χ1v) is 9.95. The Balaban J connectivity index is 0.000000131. The summed E-state index contributed by atoms with van der Waals surface area (Å²) in [7, 11) is 0. The van der Waals surface area contributed by atoms with Crippen LogP contribution in [0.3, 0.4) is 0 Å². The highest BCUT2D eigenvalue weighted by Gasteiger charge is 2.41. The van der Waals surface area contributed by atoms with Crippen LogP contribution in [0.1, 0.15) is 84.5 Å². The SMILES string of the molecule is CC/C=C/CC1CCC2CC2C1.CCC1CCC2CC2C1. The third kappa shape index (κ3) is 4.60. The van der Waals surface area contributed by atoms with Crippen molar-refractivity contribution in [1.29, 1.82) is 0 Å². The van der Waals surface area contributed by atoms with Gasteiger partial charge in [-0.2, -0.15) is 0 Å². The lowest BCUT2D eigenvalue weighted by atomic mass is 9.87. The molecule has 0 heteroatoms. The molecule has 0 N–H and O–H groups in total. The van der Waals surface area contributed by atoms with Gasteiger partial charge in [-0.3, -0.25) is 0 Å². The summed E-state index contributed by atoms with van der Waals surface area (Å²) in [6.45, 7) is 4.56. The predicted molar refractivity (Wildman–Crippen MR) is 92.2 cm³/mol. The molecule has 0 heterocycles. The number of allylic oxidation sites excluding steroid dienone is 2. The normalized spacial score (nSPS) is 43.5. The van der Waals surface area contributed by atoms with Gasteiger partial charge >= 0.3 is 0 Å². The maximum absolute atomic E-state index is 2.40. The molecule has 0 aliphatic heterocycles. The van der Waals surface area contributed by atoms with Gasteiger partial charge < -0.3 is 0 Å². The minimum absolute atomic E-state index is 1.04. The van der Waals surface area contributed by atoms with E-state index >= 15 is 0 Å². The van der Waals surface area contributed by atoms with Gasteiger partial charge in [0.25, 0.3) is 0 Å². The zero-order valence-corrected chi connectivity index (χ0v) is 14.4. The minimum atomic E-state index is 1.04. The summed E-state index contributed by atoms with van der Waals surface area (Å²) >= 11 is 0. The summed E-state index contributed by atoms with van der Waals surface area (Å²) in [5.41, 5.74) is 0. The van der Waals surface area contributed by atoms with Crippen molar-refractivity contribution in [1.82, 2.24) is 0 Å². The van der Waals surface area contributed by atoms with E-state index in [1.165, 1.54) is 50.4 Å². The molecule has 0 saturated heterocycles. The summed E-state index contributed by atoms with van der Waals surface area (Å²) < 4.78 is 0. The molecule has 0 amide bonds. The molecule has 0 nitrogen and oxygen atoms in total. The van der Waals surface area contributed by atoms with Crippen LogP contribution >= 0.6 is 0 Å². The molecule has 4 fully saturated rings. The molecular formula is C21H36. The van der Waals surface area contributed by atoms with Crippen molar-refractivity contribution in [3.63, 3.8) is 0 Å². The molecule has 6 atom stereocenters. The average Bonchev–Trinajstić information content (AvgIpc) is 3.41. The summed E-state index contributed by atoms with van der Waals surface area (Å²) in [6, 6.07) is 0. The Kier molecular flexibility index (Phi) is 5.46. The Morgan fingerprint density at radius 1 is 0.667 bits per heavy atom. The number of rotatable bonds is 4. The van der Waals surface area contributed by atoms with Crippen molar-refractivity contribution in [2.75, 3.05) is 0 Å². The molecule has 0 aromatic carbocycles. The van der Waals surface area contributed by atoms with Crippen molar-refractivity contribution in [2.45, 2.75) is 84.5 Å². The highest BCUT2D eigenvalue weighted by molar-refractivity contribution is 4.95. The largest absolute Gasteiger partial charge is 0.0888 e. The number of fused-ring (bicyclic) bond motifs is 2. The van der Waals surface area contributed by atoms with E-state index in [0.717, 1.165) is 23.7 Å². The van der Waals surface area contributed by atoms with Gasteiger partial charge in [0.2, 0.25) is 0 Å². The molecule has 0 aromatic rings. The fourth-order valence-electron chi connectivity index (χ4n) is 4.94. The molecular weight excluding hydrogens is 252 g/mol. The van der Waals surface area contributed by atoms with Crippen LogP contribution in [0.2, 0.25) is 0 Å². The van der Waals surface area contributed by atoms with Crippen molar-refractivity contribution >= 4 is 0 Å². The van der Waals surface area contributed by atoms with Crippen molar-refractivity contribution < 1.29 is 0 Å². The second-order valence-electron chi connectivity index (χ2n) is 8.39. The van der Waals surface area contributed by atoms with Crippen LogP contribution in [-0.4, -0.2) is 0 Å². The van der Waals surface area contributed by atoms with Crippen LogP contribution in [-0.2, 0) is 0 Å². The molecule has 0 bridgehead atoms. The first-order chi connectivity index (χ1) is 10.3. The van der Waals surface area contributed by atoms with Crippen LogP contribution in [0, 0.1) is 35.5 Å². The van der Waals surface area contributed by atoms with E-state index in [4.69, 9.17) is 0 Å². The number of hydrogen-bond donors (Lipinski definition) is 0. The molecule has 4 aliphatic carbocycles. The van der Waals surface area contributed by atoms with Gasteiger partial charge in [0.15, 0.2) is 0 Å². The van der Waals surface area contributed by atoms with E-state index in [2.05, 4.69) is 26.0 Å². The second kappa shape index (κ2) is 7.34. The van der Waals surface area contributed by atoms with Crippen LogP contribution in [0.25, 0.3) is 0 Å². The lowest BCUT2D eigenvalue weighted by Crippen LogP contribution is -2.07. The second-order valence-corrected chi connectivity index (χ2v) is 8.39. The van der Waals surface area contributed by atoms with Crippen LogP contribution in [0.15, 0.2) is 12.2 Å². The van der Waals surface area contributed by atoms with E-state index in [-0.39, 0.29) is 0 Å². The summed E-state index contributed by atoms with van der Waals surface area (Å²) in [6.07, 6.45) is 21.1. The van der Waals surface area contributed by atoms with E-state index in [1.54, 1.807) is 32.1 Å². The van der Waals surface area contributed by atoms with E-state index in [1.807, 2.05) is 0 Å². The minimum Gasteiger partial charge on any atom is -0.0888 e. The fourth-order valence-corrected chi connectivity index (χ4v) is 4.94. The molecule has 4 rings (SSSR count). The molecule has 0 aromatic heterocycles. The summed E-state index contributed by atoms with van der Waals surface area (Å²) in [5, 5.41) is 0. The van der Waals surface area contributed by atoms with Crippen LogP contribution in [0.5, 0.6) is 0 Å². The molecule has 4 aliphatic rings. The molecule has 120 valence electrons. The molecule has 21 heavy (non-hydrogen) atoms. The maximum Gasteiger partial charge on any atom is -0.0322 e. The van der Waals surface area contributed by atoms with Crippen LogP contribution in [0.4, 0.5) is 0 Å². The topological polar surface area (TPSA) is 0 Å². The van der Waals surface area contributed by atoms with Crippen molar-refractivity contribution in [3.05, 3.63) is 12.2 Å². The first kappa shape index (κ1) is 15.6. The smallest absolute Gasteiger partial charge is 0.0322 e. The molecule has 4 saturated carbocycles. The zero-order valence-electron chi connectivity index (χ0n) is 14.4. The van der Waals surface area contributed by atoms with E-state index in [9.17, 15) is 0 Å².